The molecule has 6 nitrogen and oxygen atoms in total. The first-order chi connectivity index (χ1) is 9.63. The highest BCUT2D eigenvalue weighted by molar-refractivity contribution is 7.99. The Morgan fingerprint density at radius 3 is 2.71 bits per heavy atom. The van der Waals surface area contributed by atoms with Crippen molar-refractivity contribution < 1.29 is 15.0 Å². The van der Waals surface area contributed by atoms with Crippen molar-refractivity contribution in [1.29, 1.82) is 0 Å². The van der Waals surface area contributed by atoms with Gasteiger partial charge in [-0.25, -0.2) is 0 Å². The number of nitrogens with one attached hydrogen (secondary N) is 3. The molecule has 0 spiro atoms. The molecule has 21 heavy (non-hydrogen) atoms. The number of hydrogen-bond donors (Lipinski definition) is 5. The number of aliphatic hydroxyl groups is 2. The van der Waals surface area contributed by atoms with Gasteiger partial charge >= 0.3 is 0 Å². The second kappa shape index (κ2) is 7.49. The predicted octanol–water partition coefficient (Wildman–Crippen LogP) is 0.128. The molecule has 0 saturated heterocycles. The van der Waals surface area contributed by atoms with E-state index in [0.717, 1.165) is 12.1 Å². The molecule has 0 radical (unpaired) electrons. The Balaban J connectivity index is 2.37. The van der Waals surface area contributed by atoms with Gasteiger partial charge in [0.25, 0.3) is 0 Å². The Morgan fingerprint density at radius 2 is 2.14 bits per heavy atom. The van der Waals surface area contributed by atoms with Crippen LogP contribution >= 0.6 is 11.8 Å². The molecule has 0 aromatic heterocycles. The first-order valence-electron chi connectivity index (χ1n) is 7.06. The van der Waals surface area contributed by atoms with Crippen molar-refractivity contribution in [3.05, 3.63) is 11.8 Å². The number of rotatable bonds is 7. The Kier molecular flexibility index (Phi) is 6.52. The number of amides is 1. The number of thioether (sulfide) groups is 1. The molecule has 1 amide bonds. The number of hydrogen-bond acceptors (Lipinski definition) is 6. The van der Waals surface area contributed by atoms with Crippen LogP contribution in [0.15, 0.2) is 11.8 Å². The maximum atomic E-state index is 11.7. The third-order valence-electron chi connectivity index (χ3n) is 2.94. The summed E-state index contributed by atoms with van der Waals surface area (Å²) in [7, 11) is 0. The zero-order valence-electron chi connectivity index (χ0n) is 13.2. The third-order valence-corrected chi connectivity index (χ3v) is 4.03. The number of hydrazine groups is 1. The van der Waals surface area contributed by atoms with Gasteiger partial charge in [-0.1, -0.05) is 0 Å². The molecular formula is C14H27N3O3S. The van der Waals surface area contributed by atoms with E-state index in [2.05, 4.69) is 49.9 Å². The van der Waals surface area contributed by atoms with Crippen LogP contribution in [-0.4, -0.2) is 51.4 Å². The molecule has 5 N–H and O–H groups in total. The average Bonchev–Trinajstić information content (AvgIpc) is 2.32. The van der Waals surface area contributed by atoms with Gasteiger partial charge in [-0.15, -0.1) is 11.8 Å². The molecule has 7 heteroatoms. The molecule has 122 valence electrons. The molecule has 1 rings (SSSR count). The average molecular weight is 317 g/mol. The molecule has 0 aliphatic carbocycles. The molecular weight excluding hydrogens is 290 g/mol. The summed E-state index contributed by atoms with van der Waals surface area (Å²) in [5.41, 5.74) is 6.47. The minimum atomic E-state index is -0.774. The summed E-state index contributed by atoms with van der Waals surface area (Å²) in [5, 5.41) is 21.4. The first kappa shape index (κ1) is 18.3. The van der Waals surface area contributed by atoms with Crippen LogP contribution in [0, 0.1) is 0 Å². The van der Waals surface area contributed by atoms with Crippen LogP contribution in [-0.2, 0) is 4.79 Å². The smallest absolute Gasteiger partial charge is 0.248 e. The summed E-state index contributed by atoms with van der Waals surface area (Å²) >= 11 is 1.29. The normalized spacial score (nSPS) is 21.3. The van der Waals surface area contributed by atoms with Crippen molar-refractivity contribution in [2.45, 2.75) is 51.3 Å². The molecule has 1 heterocycles. The maximum absolute atomic E-state index is 11.7. The quantitative estimate of drug-likeness (QED) is 0.429. The van der Waals surface area contributed by atoms with Gasteiger partial charge < -0.3 is 21.0 Å². The van der Waals surface area contributed by atoms with E-state index < -0.39 is 6.10 Å². The van der Waals surface area contributed by atoms with E-state index in [4.69, 9.17) is 5.11 Å². The minimum Gasteiger partial charge on any atom is -0.394 e. The first-order valence-corrected chi connectivity index (χ1v) is 8.22. The number of aliphatic hydroxyl groups excluding tert-OH is 2. The van der Waals surface area contributed by atoms with Crippen LogP contribution in [0.2, 0.25) is 0 Å². The molecule has 1 atom stereocenters. The van der Waals surface area contributed by atoms with Gasteiger partial charge in [0.15, 0.2) is 0 Å². The minimum absolute atomic E-state index is 0.0364. The van der Waals surface area contributed by atoms with Crippen LogP contribution < -0.4 is 16.2 Å². The fraction of sp³-hybridized carbons (Fsp3) is 0.786. The number of carbonyl (C=O) groups is 1. The molecule has 0 bridgehead atoms. The summed E-state index contributed by atoms with van der Waals surface area (Å²) in [6, 6.07) is 0. The molecule has 0 aromatic rings. The van der Waals surface area contributed by atoms with Crippen LogP contribution in [0.3, 0.4) is 0 Å². The van der Waals surface area contributed by atoms with E-state index in [1.165, 1.54) is 11.8 Å². The van der Waals surface area contributed by atoms with Crippen molar-refractivity contribution in [2.24, 2.45) is 0 Å². The lowest BCUT2D eigenvalue weighted by atomic mass is 9.86. The summed E-state index contributed by atoms with van der Waals surface area (Å²) in [4.78, 5) is 11.7. The predicted molar refractivity (Wildman–Crippen MR) is 85.7 cm³/mol. The topological polar surface area (TPSA) is 93.6 Å². The van der Waals surface area contributed by atoms with Gasteiger partial charge in [0.2, 0.25) is 5.91 Å². The summed E-state index contributed by atoms with van der Waals surface area (Å²) < 4.78 is 0. The second-order valence-corrected chi connectivity index (χ2v) is 7.63. The zero-order chi connectivity index (χ0) is 16.1. The van der Waals surface area contributed by atoms with Crippen molar-refractivity contribution in [3.63, 3.8) is 0 Å². The van der Waals surface area contributed by atoms with E-state index in [0.29, 0.717) is 5.75 Å². The van der Waals surface area contributed by atoms with Gasteiger partial charge in [0.05, 0.1) is 18.5 Å². The second-order valence-electron chi connectivity index (χ2n) is 6.60. The molecule has 0 aromatic carbocycles. The van der Waals surface area contributed by atoms with E-state index in [1.54, 1.807) is 0 Å². The number of carbonyl (C=O) groups excluding carboxylic acids is 1. The van der Waals surface area contributed by atoms with Gasteiger partial charge in [-0.2, -0.15) is 0 Å². The molecule has 1 unspecified atom stereocenters. The highest BCUT2D eigenvalue weighted by Gasteiger charge is 2.32. The van der Waals surface area contributed by atoms with Gasteiger partial charge in [0, 0.05) is 28.9 Å². The van der Waals surface area contributed by atoms with Gasteiger partial charge in [-0.05, 0) is 33.8 Å². The SMILES string of the molecule is CC1(C)C=C(NNC(=O)CSCC(O)CO)CC(C)(C)N1. The zero-order valence-corrected chi connectivity index (χ0v) is 14.0. The van der Waals surface area contributed by atoms with Crippen molar-refractivity contribution in [2.75, 3.05) is 18.1 Å². The standard InChI is InChI=1S/C14H27N3O3S/c1-13(2)5-10(6-14(3,4)17-13)15-16-12(20)9-21-8-11(19)7-18/h5,11,15,17-19H,6-9H2,1-4H3,(H,16,20). The lowest BCUT2D eigenvalue weighted by Gasteiger charge is -2.41. The lowest BCUT2D eigenvalue weighted by Crippen LogP contribution is -2.56. The molecule has 0 fully saturated rings. The van der Waals surface area contributed by atoms with Crippen LogP contribution in [0.1, 0.15) is 34.1 Å². The fourth-order valence-electron chi connectivity index (χ4n) is 2.52. The Morgan fingerprint density at radius 1 is 1.48 bits per heavy atom. The largest absolute Gasteiger partial charge is 0.394 e. The Bertz CT molecular complexity index is 397. The van der Waals surface area contributed by atoms with E-state index in [1.807, 2.05) is 0 Å². The highest BCUT2D eigenvalue weighted by atomic mass is 32.2. The molecule has 1 aliphatic rings. The van der Waals surface area contributed by atoms with Gasteiger partial charge in [-0.3, -0.25) is 10.2 Å². The molecule has 0 saturated carbocycles. The Labute approximate surface area is 130 Å². The Hall–Kier alpha value is -0.760. The summed E-state index contributed by atoms with van der Waals surface area (Å²) in [5.74, 6) is 0.430. The fourth-order valence-corrected chi connectivity index (χ4v) is 3.27. The summed E-state index contributed by atoms with van der Waals surface area (Å²) in [6.45, 7) is 8.14. The lowest BCUT2D eigenvalue weighted by molar-refractivity contribution is -0.119. The monoisotopic (exact) mass is 317 g/mol. The van der Waals surface area contributed by atoms with Crippen LogP contribution in [0.4, 0.5) is 0 Å². The van der Waals surface area contributed by atoms with Crippen molar-refractivity contribution in [1.82, 2.24) is 16.2 Å². The molecule has 1 aliphatic heterocycles. The third kappa shape index (κ3) is 7.17. The van der Waals surface area contributed by atoms with Crippen LogP contribution in [0.25, 0.3) is 0 Å². The maximum Gasteiger partial charge on any atom is 0.248 e. The van der Waals surface area contributed by atoms with Crippen LogP contribution in [0.5, 0.6) is 0 Å². The van der Waals surface area contributed by atoms with E-state index in [9.17, 15) is 9.90 Å². The summed E-state index contributed by atoms with van der Waals surface area (Å²) in [6.07, 6.45) is 2.10. The highest BCUT2D eigenvalue weighted by Crippen LogP contribution is 2.25. The van der Waals surface area contributed by atoms with E-state index >= 15 is 0 Å². The van der Waals surface area contributed by atoms with Crippen molar-refractivity contribution >= 4 is 17.7 Å². The van der Waals surface area contributed by atoms with Crippen molar-refractivity contribution in [3.8, 4) is 0 Å². The van der Waals surface area contributed by atoms with Gasteiger partial charge in [0.1, 0.15) is 0 Å². The van der Waals surface area contributed by atoms with E-state index in [-0.39, 0.29) is 29.3 Å².